The number of carboxylic acids is 1. The van der Waals surface area contributed by atoms with Gasteiger partial charge in [-0.05, 0) is 33.6 Å². The Kier molecular flexibility index (Phi) is 3.45. The monoisotopic (exact) mass is 325 g/mol. The molecule has 1 N–H and O–H groups in total. The first-order valence-corrected chi connectivity index (χ1v) is 6.34. The first-order chi connectivity index (χ1) is 8.52. The lowest BCUT2D eigenvalue weighted by Crippen LogP contribution is -1.90. The molecule has 1 heterocycles. The van der Waals surface area contributed by atoms with Gasteiger partial charge in [-0.1, -0.05) is 12.1 Å². The molecule has 0 spiro atoms. The van der Waals surface area contributed by atoms with Crippen LogP contribution in [0.2, 0.25) is 0 Å². The Balaban J connectivity index is 2.53. The van der Waals surface area contributed by atoms with Gasteiger partial charge in [-0.2, -0.15) is 0 Å². The van der Waals surface area contributed by atoms with Crippen LogP contribution < -0.4 is 0 Å². The zero-order valence-electron chi connectivity index (χ0n) is 8.78. The van der Waals surface area contributed by atoms with Gasteiger partial charge in [0.05, 0.1) is 10.4 Å². The van der Waals surface area contributed by atoms with Crippen LogP contribution in [0, 0.1) is 12.4 Å². The number of benzene rings is 1. The molecule has 1 aromatic heterocycles. The summed E-state index contributed by atoms with van der Waals surface area (Å²) in [6, 6.07) is 5.67. The Morgan fingerprint density at radius 3 is 2.67 bits per heavy atom. The van der Waals surface area contributed by atoms with Gasteiger partial charge in [-0.25, -0.2) is 14.0 Å². The zero-order valence-corrected chi connectivity index (χ0v) is 11.2. The average molecular weight is 326 g/mol. The Labute approximate surface area is 114 Å². The first kappa shape index (κ1) is 12.7. The number of carboxylic acid groups (broad SMARTS) is 1. The minimum atomic E-state index is -1.02. The SMILES string of the molecule is [C-]#[N+]c1ccc(-c2cc(C(=O)O)sc2Br)cc1F. The highest BCUT2D eigenvalue weighted by Gasteiger charge is 2.14. The Bertz CT molecular complexity index is 675. The van der Waals surface area contributed by atoms with Gasteiger partial charge >= 0.3 is 5.97 Å². The number of rotatable bonds is 2. The second-order valence-corrected chi connectivity index (χ2v) is 5.75. The quantitative estimate of drug-likeness (QED) is 0.822. The van der Waals surface area contributed by atoms with E-state index in [2.05, 4.69) is 20.8 Å². The highest BCUT2D eigenvalue weighted by molar-refractivity contribution is 9.11. The van der Waals surface area contributed by atoms with E-state index in [4.69, 9.17) is 11.7 Å². The minimum absolute atomic E-state index is 0.0523. The standard InChI is InChI=1S/C12H5BrFNO2S/c1-15-9-3-2-6(4-8(9)14)7-5-10(12(16)17)18-11(7)13/h2-5H,(H,16,17). The van der Waals surface area contributed by atoms with Crippen LogP contribution >= 0.6 is 27.3 Å². The van der Waals surface area contributed by atoms with Gasteiger partial charge < -0.3 is 5.11 Å². The summed E-state index contributed by atoms with van der Waals surface area (Å²) in [6.07, 6.45) is 0. The zero-order chi connectivity index (χ0) is 13.3. The molecule has 0 saturated carbocycles. The van der Waals surface area contributed by atoms with Crippen LogP contribution in [0.25, 0.3) is 16.0 Å². The van der Waals surface area contributed by atoms with Gasteiger partial charge in [0.2, 0.25) is 5.69 Å². The molecule has 0 fully saturated rings. The molecule has 0 saturated heterocycles. The van der Waals surface area contributed by atoms with E-state index in [1.54, 1.807) is 6.07 Å². The maximum absolute atomic E-state index is 13.5. The molecule has 0 aliphatic carbocycles. The van der Waals surface area contributed by atoms with E-state index in [0.29, 0.717) is 14.9 Å². The number of hydrogen-bond acceptors (Lipinski definition) is 2. The minimum Gasteiger partial charge on any atom is -0.477 e. The number of nitrogens with zero attached hydrogens (tertiary/aromatic N) is 1. The van der Waals surface area contributed by atoms with E-state index in [1.165, 1.54) is 18.2 Å². The van der Waals surface area contributed by atoms with E-state index in [9.17, 15) is 9.18 Å². The van der Waals surface area contributed by atoms with Crippen molar-refractivity contribution in [1.29, 1.82) is 0 Å². The fraction of sp³-hybridized carbons (Fsp3) is 0. The number of halogens is 2. The Hall–Kier alpha value is -1.71. The molecule has 0 aliphatic heterocycles. The van der Waals surface area contributed by atoms with Gasteiger partial charge in [0.25, 0.3) is 0 Å². The van der Waals surface area contributed by atoms with E-state index in [1.807, 2.05) is 0 Å². The van der Waals surface area contributed by atoms with Gasteiger partial charge in [-0.15, -0.1) is 11.3 Å². The van der Waals surface area contributed by atoms with Crippen LogP contribution in [0.5, 0.6) is 0 Å². The third kappa shape index (κ3) is 2.28. The van der Waals surface area contributed by atoms with E-state index < -0.39 is 11.8 Å². The number of carbonyl (C=O) groups is 1. The highest BCUT2D eigenvalue weighted by atomic mass is 79.9. The lowest BCUT2D eigenvalue weighted by molar-refractivity contribution is 0.0702. The lowest BCUT2D eigenvalue weighted by atomic mass is 10.1. The molecule has 0 radical (unpaired) electrons. The molecule has 0 amide bonds. The van der Waals surface area contributed by atoms with E-state index in [-0.39, 0.29) is 10.6 Å². The molecule has 2 rings (SSSR count). The largest absolute Gasteiger partial charge is 0.477 e. The molecule has 0 atom stereocenters. The second-order valence-electron chi connectivity index (χ2n) is 3.38. The summed E-state index contributed by atoms with van der Waals surface area (Å²) < 4.78 is 14.1. The van der Waals surface area contributed by atoms with Crippen molar-refractivity contribution in [2.24, 2.45) is 0 Å². The van der Waals surface area contributed by atoms with Crippen LogP contribution in [0.1, 0.15) is 9.67 Å². The lowest BCUT2D eigenvalue weighted by Gasteiger charge is -2.00. The summed E-state index contributed by atoms with van der Waals surface area (Å²) in [7, 11) is 0. The van der Waals surface area contributed by atoms with Crippen molar-refractivity contribution in [1.82, 2.24) is 0 Å². The van der Waals surface area contributed by atoms with Crippen molar-refractivity contribution in [3.05, 3.63) is 50.2 Å². The smallest absolute Gasteiger partial charge is 0.345 e. The van der Waals surface area contributed by atoms with Crippen LogP contribution in [0.15, 0.2) is 28.1 Å². The topological polar surface area (TPSA) is 41.7 Å². The number of hydrogen-bond donors (Lipinski definition) is 1. The predicted molar refractivity (Wildman–Crippen MR) is 70.6 cm³/mol. The van der Waals surface area contributed by atoms with E-state index in [0.717, 1.165) is 11.3 Å². The van der Waals surface area contributed by atoms with Crippen LogP contribution in [0.3, 0.4) is 0 Å². The van der Waals surface area contributed by atoms with Crippen LogP contribution in [-0.4, -0.2) is 11.1 Å². The maximum Gasteiger partial charge on any atom is 0.345 e. The molecule has 0 bridgehead atoms. The summed E-state index contributed by atoms with van der Waals surface area (Å²) in [5, 5.41) is 8.88. The van der Waals surface area contributed by atoms with E-state index >= 15 is 0 Å². The van der Waals surface area contributed by atoms with Crippen molar-refractivity contribution in [2.75, 3.05) is 0 Å². The highest BCUT2D eigenvalue weighted by Crippen LogP contribution is 2.37. The van der Waals surface area contributed by atoms with Crippen molar-refractivity contribution in [3.63, 3.8) is 0 Å². The average Bonchev–Trinajstić information content (AvgIpc) is 2.71. The summed E-state index contributed by atoms with van der Waals surface area (Å²) in [5.74, 6) is -1.64. The normalized spacial score (nSPS) is 10.1. The van der Waals surface area contributed by atoms with Crippen molar-refractivity contribution >= 4 is 38.9 Å². The number of thiophene rings is 1. The molecule has 18 heavy (non-hydrogen) atoms. The summed E-state index contributed by atoms with van der Waals surface area (Å²) >= 11 is 4.32. The molecule has 3 nitrogen and oxygen atoms in total. The molecule has 90 valence electrons. The Morgan fingerprint density at radius 2 is 2.17 bits per heavy atom. The third-order valence-corrected chi connectivity index (χ3v) is 4.10. The van der Waals surface area contributed by atoms with Crippen LogP contribution in [-0.2, 0) is 0 Å². The molecule has 1 aromatic carbocycles. The second kappa shape index (κ2) is 4.88. The molecular formula is C12H5BrFNO2S. The van der Waals surface area contributed by atoms with Gasteiger partial charge in [-0.3, -0.25) is 0 Å². The first-order valence-electron chi connectivity index (χ1n) is 4.73. The maximum atomic E-state index is 13.5. The van der Waals surface area contributed by atoms with Crippen molar-refractivity contribution in [3.8, 4) is 11.1 Å². The fourth-order valence-electron chi connectivity index (χ4n) is 1.44. The molecular weight excluding hydrogens is 321 g/mol. The number of aromatic carboxylic acids is 1. The third-order valence-electron chi connectivity index (χ3n) is 2.28. The summed E-state index contributed by atoms with van der Waals surface area (Å²) in [4.78, 5) is 14.0. The molecule has 6 heteroatoms. The van der Waals surface area contributed by atoms with Gasteiger partial charge in [0, 0.05) is 5.56 Å². The van der Waals surface area contributed by atoms with Crippen molar-refractivity contribution in [2.45, 2.75) is 0 Å². The fourth-order valence-corrected chi connectivity index (χ4v) is 3.05. The molecule has 0 unspecified atom stereocenters. The predicted octanol–water partition coefficient (Wildman–Crippen LogP) is 4.57. The molecule has 2 aromatic rings. The molecule has 0 aliphatic rings. The van der Waals surface area contributed by atoms with Gasteiger partial charge in [0.1, 0.15) is 10.7 Å². The Morgan fingerprint density at radius 1 is 1.44 bits per heavy atom. The summed E-state index contributed by atoms with van der Waals surface area (Å²) in [5.41, 5.74) is 1.09. The van der Waals surface area contributed by atoms with Crippen molar-refractivity contribution < 1.29 is 14.3 Å². The van der Waals surface area contributed by atoms with Gasteiger partial charge in [0.15, 0.2) is 0 Å². The summed E-state index contributed by atoms with van der Waals surface area (Å²) in [6.45, 7) is 6.76. The van der Waals surface area contributed by atoms with Crippen LogP contribution in [0.4, 0.5) is 10.1 Å².